The van der Waals surface area contributed by atoms with Crippen LogP contribution in [0.4, 0.5) is 0 Å². The van der Waals surface area contributed by atoms with E-state index in [2.05, 4.69) is 5.28 Å². The zero-order chi connectivity index (χ0) is 13.5. The maximum absolute atomic E-state index is 11.5. The van der Waals surface area contributed by atoms with E-state index >= 15 is 0 Å². The molecule has 0 saturated heterocycles. The van der Waals surface area contributed by atoms with Gasteiger partial charge in [0.2, 0.25) is 5.28 Å². The van der Waals surface area contributed by atoms with Crippen LogP contribution in [-0.2, 0) is 9.63 Å². The first-order valence-corrected chi connectivity index (χ1v) is 6.40. The first-order chi connectivity index (χ1) is 8.58. The zero-order valence-electron chi connectivity index (χ0n) is 10.9. The highest BCUT2D eigenvalue weighted by molar-refractivity contribution is 5.69. The van der Waals surface area contributed by atoms with Gasteiger partial charge in [-0.25, -0.2) is 0 Å². The van der Waals surface area contributed by atoms with Gasteiger partial charge in [0.25, 0.3) is 0 Å². The molecule has 0 aromatic rings. The molecular weight excluding hydrogens is 238 g/mol. The van der Waals surface area contributed by atoms with E-state index < -0.39 is 5.97 Å². The summed E-state index contributed by atoms with van der Waals surface area (Å²) in [5.74, 6) is -1.03. The molecule has 1 aliphatic rings. The maximum Gasteiger partial charge on any atom is 0.306 e. The summed E-state index contributed by atoms with van der Waals surface area (Å²) in [5, 5.41) is 25.3. The topological polar surface area (TPSA) is 88.2 Å². The molecule has 0 unspecified atom stereocenters. The molecule has 104 valence electrons. The molecular formula is C11H21N3O4. The molecule has 0 aliphatic heterocycles. The first-order valence-electron chi connectivity index (χ1n) is 6.40. The quantitative estimate of drug-likeness (QED) is 0.446. The van der Waals surface area contributed by atoms with Crippen molar-refractivity contribution < 1.29 is 19.7 Å². The number of hydrazine groups is 1. The highest BCUT2D eigenvalue weighted by Gasteiger charge is 2.27. The minimum absolute atomic E-state index is 0.146. The number of hydrogen-bond acceptors (Lipinski definition) is 4. The van der Waals surface area contributed by atoms with Gasteiger partial charge in [0, 0.05) is 0 Å². The Morgan fingerprint density at radius 1 is 1.39 bits per heavy atom. The fourth-order valence-corrected chi connectivity index (χ4v) is 2.04. The number of rotatable bonds is 6. The summed E-state index contributed by atoms with van der Waals surface area (Å²) in [6.45, 7) is 4.86. The Labute approximate surface area is 107 Å². The number of hydrogen-bond donors (Lipinski definition) is 1. The lowest BCUT2D eigenvalue weighted by atomic mass is 9.88. The number of carbonyl (C=O) groups is 1. The molecule has 0 heterocycles. The van der Waals surface area contributed by atoms with E-state index in [1.807, 2.05) is 13.8 Å². The van der Waals surface area contributed by atoms with Crippen LogP contribution in [-0.4, -0.2) is 40.2 Å². The second-order valence-corrected chi connectivity index (χ2v) is 4.39. The molecule has 7 heteroatoms. The molecule has 0 spiro atoms. The molecule has 7 nitrogen and oxygen atoms in total. The summed E-state index contributed by atoms with van der Waals surface area (Å²) < 4.78 is 0. The summed E-state index contributed by atoms with van der Waals surface area (Å²) in [4.78, 5) is 16.4. The Morgan fingerprint density at radius 3 is 2.39 bits per heavy atom. The highest BCUT2D eigenvalue weighted by Crippen LogP contribution is 2.26. The minimum atomic E-state index is -0.751. The van der Waals surface area contributed by atoms with Gasteiger partial charge in [0.15, 0.2) is 0 Å². The largest absolute Gasteiger partial charge is 0.569 e. The van der Waals surface area contributed by atoms with Crippen LogP contribution in [0.1, 0.15) is 39.5 Å². The van der Waals surface area contributed by atoms with Gasteiger partial charge in [-0.3, -0.25) is 4.79 Å². The molecule has 1 fully saturated rings. The molecule has 1 aliphatic carbocycles. The molecule has 18 heavy (non-hydrogen) atoms. The van der Waals surface area contributed by atoms with Crippen LogP contribution in [0, 0.1) is 11.1 Å². The van der Waals surface area contributed by atoms with Gasteiger partial charge in [-0.05, 0) is 39.5 Å². The van der Waals surface area contributed by atoms with Crippen molar-refractivity contribution in [2.75, 3.05) is 13.1 Å². The average molecular weight is 259 g/mol. The van der Waals surface area contributed by atoms with E-state index in [4.69, 9.17) is 9.94 Å². The lowest BCUT2D eigenvalue weighted by Gasteiger charge is -2.23. The lowest BCUT2D eigenvalue weighted by Crippen LogP contribution is -2.31. The van der Waals surface area contributed by atoms with Gasteiger partial charge in [-0.2, -0.15) is 0 Å². The second-order valence-electron chi connectivity index (χ2n) is 4.39. The van der Waals surface area contributed by atoms with Crippen molar-refractivity contribution >= 4 is 5.97 Å². The Bertz CT molecular complexity index is 297. The van der Waals surface area contributed by atoms with Crippen LogP contribution in [0.5, 0.6) is 0 Å². The van der Waals surface area contributed by atoms with Gasteiger partial charge in [0.05, 0.1) is 24.0 Å². The molecule has 1 rings (SSSR count). The third-order valence-corrected chi connectivity index (χ3v) is 3.26. The molecule has 0 aromatic heterocycles. The molecule has 0 atom stereocenters. The van der Waals surface area contributed by atoms with Crippen molar-refractivity contribution in [1.29, 1.82) is 0 Å². The first kappa shape index (κ1) is 14.5. The summed E-state index contributed by atoms with van der Waals surface area (Å²) in [7, 11) is 0. The monoisotopic (exact) mass is 259 g/mol. The van der Waals surface area contributed by atoms with E-state index in [-0.39, 0.29) is 12.0 Å². The number of carboxylic acids is 1. The average Bonchev–Trinajstić information content (AvgIpc) is 2.38. The van der Waals surface area contributed by atoms with E-state index in [1.165, 1.54) is 5.01 Å². The van der Waals surface area contributed by atoms with Crippen molar-refractivity contribution in [3.63, 3.8) is 0 Å². The van der Waals surface area contributed by atoms with Crippen molar-refractivity contribution in [2.24, 2.45) is 11.2 Å². The lowest BCUT2D eigenvalue weighted by molar-refractivity contribution is -0.711. The normalized spacial score (nSPS) is 24.7. The van der Waals surface area contributed by atoms with Crippen molar-refractivity contribution in [2.45, 2.75) is 45.6 Å². The summed E-state index contributed by atoms with van der Waals surface area (Å²) in [6, 6.07) is 0. The molecule has 1 saturated carbocycles. The zero-order valence-corrected chi connectivity index (χ0v) is 10.9. The molecule has 0 bridgehead atoms. The highest BCUT2D eigenvalue weighted by atomic mass is 16.7. The van der Waals surface area contributed by atoms with Gasteiger partial charge < -0.3 is 15.2 Å². The standard InChI is InChI=1S/C11H21N3O4/c1-3-13(4-2)14(17)12-18-10-7-5-9(6-8-10)11(15)16/h9-10H,3-8H2,1-2H3,(H,15,16)/b14-12-. The third-order valence-electron chi connectivity index (χ3n) is 3.26. The van der Waals surface area contributed by atoms with Crippen LogP contribution >= 0.6 is 0 Å². The Kier molecular flexibility index (Phi) is 5.67. The SMILES string of the molecule is CCN(CC)/[N+]([O-])=N/OC1CCC(C(=O)O)CC1. The number of aliphatic carboxylic acids is 1. The van der Waals surface area contributed by atoms with Gasteiger partial charge in [-0.1, -0.05) is 0 Å². The Morgan fingerprint density at radius 2 is 1.94 bits per heavy atom. The van der Waals surface area contributed by atoms with Crippen molar-refractivity contribution in [1.82, 2.24) is 5.01 Å². The fourth-order valence-electron chi connectivity index (χ4n) is 2.04. The predicted octanol–water partition coefficient (Wildman–Crippen LogP) is 1.78. The van der Waals surface area contributed by atoms with E-state index in [0.717, 1.165) is 0 Å². The predicted molar refractivity (Wildman–Crippen MR) is 63.4 cm³/mol. The molecule has 0 radical (unpaired) electrons. The Balaban J connectivity index is 2.37. The third kappa shape index (κ3) is 4.05. The van der Waals surface area contributed by atoms with Gasteiger partial charge in [0.1, 0.15) is 6.10 Å². The van der Waals surface area contributed by atoms with Crippen molar-refractivity contribution in [3.05, 3.63) is 5.21 Å². The van der Waals surface area contributed by atoms with Crippen molar-refractivity contribution in [3.8, 4) is 0 Å². The van der Waals surface area contributed by atoms with E-state index in [1.54, 1.807) is 0 Å². The molecule has 1 N–H and O–H groups in total. The summed E-state index contributed by atoms with van der Waals surface area (Å²) in [6.07, 6.45) is 2.28. The molecule has 0 amide bonds. The summed E-state index contributed by atoms with van der Waals surface area (Å²) in [5.41, 5.74) is 0. The van der Waals surface area contributed by atoms with Gasteiger partial charge in [-0.15, -0.1) is 5.01 Å². The van der Waals surface area contributed by atoms with Crippen LogP contribution in [0.2, 0.25) is 0 Å². The maximum atomic E-state index is 11.5. The fraction of sp³-hybridized carbons (Fsp3) is 0.909. The smallest absolute Gasteiger partial charge is 0.306 e. The minimum Gasteiger partial charge on any atom is -0.569 e. The number of nitrogens with zero attached hydrogens (tertiary/aromatic N) is 3. The second kappa shape index (κ2) is 7.03. The molecule has 0 aromatic carbocycles. The van der Waals surface area contributed by atoms with Crippen LogP contribution in [0.25, 0.3) is 0 Å². The van der Waals surface area contributed by atoms with E-state index in [0.29, 0.717) is 43.7 Å². The van der Waals surface area contributed by atoms with Gasteiger partial charge >= 0.3 is 5.97 Å². The van der Waals surface area contributed by atoms with Crippen LogP contribution in [0.3, 0.4) is 0 Å². The Hall–Kier alpha value is -1.53. The van der Waals surface area contributed by atoms with Crippen LogP contribution in [0.15, 0.2) is 5.28 Å². The number of carboxylic acid groups (broad SMARTS) is 1. The van der Waals surface area contributed by atoms with E-state index in [9.17, 15) is 10.0 Å². The summed E-state index contributed by atoms with van der Waals surface area (Å²) >= 11 is 0. The van der Waals surface area contributed by atoms with Crippen LogP contribution < -0.4 is 0 Å².